The Bertz CT molecular complexity index is 1060. The molecule has 0 fully saturated rings. The zero-order valence-corrected chi connectivity index (χ0v) is 16.8. The SMILES string of the molecule is C#Cc1cccc(Nc2ncnc3ccc(NC(=O)N(C)CCN(C)C)cc23)c1. The number of carbonyl (C=O) groups excluding carboxylic acids is 1. The van der Waals surface area contributed by atoms with E-state index in [4.69, 9.17) is 6.42 Å². The Balaban J connectivity index is 1.82. The standard InChI is InChI=1S/C22H24N6O/c1-5-16-7-6-8-17(13-16)25-21-19-14-18(9-10-20(19)23-15-24-21)26-22(29)28(4)12-11-27(2)3/h1,6-10,13-15H,11-12H2,2-4H3,(H,26,29)(H,23,24,25). The van der Waals surface area contributed by atoms with Crippen molar-refractivity contribution in [2.45, 2.75) is 0 Å². The lowest BCUT2D eigenvalue weighted by atomic mass is 10.2. The zero-order chi connectivity index (χ0) is 20.8. The molecule has 0 aliphatic heterocycles. The summed E-state index contributed by atoms with van der Waals surface area (Å²) in [5.74, 6) is 3.26. The summed E-state index contributed by atoms with van der Waals surface area (Å²) in [6, 6.07) is 12.9. The third-order valence-electron chi connectivity index (χ3n) is 4.41. The van der Waals surface area contributed by atoms with Crippen molar-refractivity contribution in [3.8, 4) is 12.3 Å². The first-order chi connectivity index (χ1) is 14.0. The molecular weight excluding hydrogens is 364 g/mol. The van der Waals surface area contributed by atoms with Gasteiger partial charge in [-0.3, -0.25) is 0 Å². The molecule has 7 nitrogen and oxygen atoms in total. The number of likely N-dealkylation sites (N-methyl/N-ethyl adjacent to an activating group) is 2. The molecule has 29 heavy (non-hydrogen) atoms. The van der Waals surface area contributed by atoms with Crippen molar-refractivity contribution >= 4 is 34.1 Å². The summed E-state index contributed by atoms with van der Waals surface area (Å²) in [5.41, 5.74) is 3.06. The number of hydrogen-bond donors (Lipinski definition) is 2. The molecule has 2 aromatic carbocycles. The second-order valence-electron chi connectivity index (χ2n) is 6.96. The molecule has 148 valence electrons. The van der Waals surface area contributed by atoms with E-state index in [9.17, 15) is 4.79 Å². The average molecular weight is 388 g/mol. The molecule has 3 rings (SSSR count). The van der Waals surface area contributed by atoms with Gasteiger partial charge in [0, 0.05) is 42.5 Å². The summed E-state index contributed by atoms with van der Waals surface area (Å²) in [6.45, 7) is 1.42. The van der Waals surface area contributed by atoms with Crippen LogP contribution >= 0.6 is 0 Å². The van der Waals surface area contributed by atoms with E-state index in [2.05, 4.69) is 26.5 Å². The highest BCUT2D eigenvalue weighted by Gasteiger charge is 2.11. The maximum absolute atomic E-state index is 12.4. The molecular formula is C22H24N6O. The number of amides is 2. The number of terminal acetylenes is 1. The van der Waals surface area contributed by atoms with Gasteiger partial charge in [-0.1, -0.05) is 12.0 Å². The van der Waals surface area contributed by atoms with E-state index in [1.165, 1.54) is 6.33 Å². The van der Waals surface area contributed by atoms with Crippen LogP contribution in [0, 0.1) is 12.3 Å². The van der Waals surface area contributed by atoms with Gasteiger partial charge in [0.1, 0.15) is 12.1 Å². The van der Waals surface area contributed by atoms with E-state index in [0.717, 1.165) is 28.7 Å². The van der Waals surface area contributed by atoms with Gasteiger partial charge in [-0.05, 0) is 50.5 Å². The lowest BCUT2D eigenvalue weighted by Crippen LogP contribution is -2.36. The number of aromatic nitrogens is 2. The number of anilines is 3. The van der Waals surface area contributed by atoms with E-state index in [1.54, 1.807) is 11.9 Å². The number of rotatable bonds is 6. The summed E-state index contributed by atoms with van der Waals surface area (Å²) in [7, 11) is 5.72. The van der Waals surface area contributed by atoms with Crippen molar-refractivity contribution in [1.29, 1.82) is 0 Å². The minimum atomic E-state index is -0.167. The van der Waals surface area contributed by atoms with Gasteiger partial charge in [-0.25, -0.2) is 14.8 Å². The highest BCUT2D eigenvalue weighted by molar-refractivity contribution is 5.96. The fraction of sp³-hybridized carbons (Fsp3) is 0.227. The number of nitrogens with zero attached hydrogens (tertiary/aromatic N) is 4. The smallest absolute Gasteiger partial charge is 0.321 e. The number of benzene rings is 2. The van der Waals surface area contributed by atoms with E-state index in [-0.39, 0.29) is 6.03 Å². The van der Waals surface area contributed by atoms with Crippen LogP contribution < -0.4 is 10.6 Å². The first kappa shape index (κ1) is 20.1. The molecule has 0 spiro atoms. The molecule has 3 aromatic rings. The number of carbonyl (C=O) groups is 1. The summed E-state index contributed by atoms with van der Waals surface area (Å²) in [4.78, 5) is 24.8. The first-order valence-corrected chi connectivity index (χ1v) is 9.21. The van der Waals surface area contributed by atoms with Crippen molar-refractivity contribution in [3.63, 3.8) is 0 Å². The molecule has 0 radical (unpaired) electrons. The Labute approximate surface area is 170 Å². The quantitative estimate of drug-likeness (QED) is 0.634. The third-order valence-corrected chi connectivity index (χ3v) is 4.41. The van der Waals surface area contributed by atoms with Gasteiger partial charge >= 0.3 is 6.03 Å². The Morgan fingerprint density at radius 3 is 2.66 bits per heavy atom. The Morgan fingerprint density at radius 1 is 1.07 bits per heavy atom. The molecule has 0 aliphatic rings. The van der Waals surface area contributed by atoms with Gasteiger partial charge in [0.15, 0.2) is 0 Å². The molecule has 0 unspecified atom stereocenters. The van der Waals surface area contributed by atoms with Crippen molar-refractivity contribution in [3.05, 3.63) is 54.4 Å². The monoisotopic (exact) mass is 388 g/mol. The van der Waals surface area contributed by atoms with Crippen molar-refractivity contribution in [2.75, 3.05) is 44.9 Å². The van der Waals surface area contributed by atoms with Crippen molar-refractivity contribution in [1.82, 2.24) is 19.8 Å². The molecule has 2 N–H and O–H groups in total. The lowest BCUT2D eigenvalue weighted by Gasteiger charge is -2.20. The van der Waals surface area contributed by atoms with Crippen LogP contribution in [0.3, 0.4) is 0 Å². The molecule has 2 amide bonds. The van der Waals surface area contributed by atoms with E-state index >= 15 is 0 Å². The van der Waals surface area contributed by atoms with E-state index in [0.29, 0.717) is 18.1 Å². The Kier molecular flexibility index (Phi) is 6.27. The van der Waals surface area contributed by atoms with Gasteiger partial charge in [0.05, 0.1) is 5.52 Å². The van der Waals surface area contributed by atoms with E-state index < -0.39 is 0 Å². The van der Waals surface area contributed by atoms with Gasteiger partial charge in [-0.15, -0.1) is 6.42 Å². The van der Waals surface area contributed by atoms with Crippen LogP contribution in [0.25, 0.3) is 10.9 Å². The first-order valence-electron chi connectivity index (χ1n) is 9.21. The molecule has 1 aromatic heterocycles. The average Bonchev–Trinajstić information content (AvgIpc) is 2.72. The predicted octanol–water partition coefficient (Wildman–Crippen LogP) is 3.38. The number of urea groups is 1. The molecule has 7 heteroatoms. The summed E-state index contributed by atoms with van der Waals surface area (Å²) >= 11 is 0. The van der Waals surface area contributed by atoms with Crippen LogP contribution in [0.5, 0.6) is 0 Å². The highest BCUT2D eigenvalue weighted by atomic mass is 16.2. The molecule has 0 bridgehead atoms. The minimum absolute atomic E-state index is 0.167. The maximum atomic E-state index is 12.4. The number of nitrogens with one attached hydrogen (secondary N) is 2. The summed E-state index contributed by atoms with van der Waals surface area (Å²) in [5, 5.41) is 7.01. The maximum Gasteiger partial charge on any atom is 0.321 e. The number of hydrogen-bond acceptors (Lipinski definition) is 5. The van der Waals surface area contributed by atoms with Crippen LogP contribution in [-0.4, -0.2) is 60.0 Å². The third kappa shape index (κ3) is 5.21. The topological polar surface area (TPSA) is 73.4 Å². The Morgan fingerprint density at radius 2 is 1.90 bits per heavy atom. The molecule has 0 saturated heterocycles. The normalized spacial score (nSPS) is 10.6. The van der Waals surface area contributed by atoms with Crippen molar-refractivity contribution in [2.24, 2.45) is 0 Å². The minimum Gasteiger partial charge on any atom is -0.340 e. The fourth-order valence-corrected chi connectivity index (χ4v) is 2.73. The zero-order valence-electron chi connectivity index (χ0n) is 16.8. The van der Waals surface area contributed by atoms with Crippen molar-refractivity contribution < 1.29 is 4.79 Å². The molecule has 0 aliphatic carbocycles. The Hall–Kier alpha value is -3.63. The second kappa shape index (κ2) is 9.04. The molecule has 0 saturated carbocycles. The van der Waals surface area contributed by atoms with Gasteiger partial charge in [0.2, 0.25) is 0 Å². The lowest BCUT2D eigenvalue weighted by molar-refractivity contribution is 0.217. The van der Waals surface area contributed by atoms with Crippen LogP contribution in [0.15, 0.2) is 48.8 Å². The van der Waals surface area contributed by atoms with E-state index in [1.807, 2.05) is 61.5 Å². The highest BCUT2D eigenvalue weighted by Crippen LogP contribution is 2.26. The van der Waals surface area contributed by atoms with Crippen LogP contribution in [-0.2, 0) is 0 Å². The van der Waals surface area contributed by atoms with Gasteiger partial charge < -0.3 is 20.4 Å². The van der Waals surface area contributed by atoms with Crippen LogP contribution in [0.1, 0.15) is 5.56 Å². The fourth-order valence-electron chi connectivity index (χ4n) is 2.73. The molecule has 0 atom stereocenters. The van der Waals surface area contributed by atoms with Crippen LogP contribution in [0.4, 0.5) is 22.0 Å². The van der Waals surface area contributed by atoms with Crippen LogP contribution in [0.2, 0.25) is 0 Å². The summed E-state index contributed by atoms with van der Waals surface area (Å²) in [6.07, 6.45) is 6.98. The van der Waals surface area contributed by atoms with Gasteiger partial charge in [-0.2, -0.15) is 0 Å². The largest absolute Gasteiger partial charge is 0.340 e. The second-order valence-corrected chi connectivity index (χ2v) is 6.96. The number of fused-ring (bicyclic) bond motifs is 1. The summed E-state index contributed by atoms with van der Waals surface area (Å²) < 4.78 is 0. The predicted molar refractivity (Wildman–Crippen MR) is 117 cm³/mol. The molecule has 1 heterocycles. The van der Waals surface area contributed by atoms with Gasteiger partial charge in [0.25, 0.3) is 0 Å².